The summed E-state index contributed by atoms with van der Waals surface area (Å²) in [5, 5.41) is 0. The fraction of sp³-hybridized carbons (Fsp3) is 0. The predicted molar refractivity (Wildman–Crippen MR) is 323 cm³/mol. The Morgan fingerprint density at radius 3 is 0.950 bits per heavy atom. The second-order valence-corrected chi connectivity index (χ2v) is 19.3. The first-order valence-electron chi connectivity index (χ1n) is 26.6. The van der Waals surface area contributed by atoms with E-state index >= 15 is 0 Å². The van der Waals surface area contributed by atoms with Gasteiger partial charge in [-0.1, -0.05) is 237 Å². The molecule has 1 aliphatic rings. The Balaban J connectivity index is 1.07. The highest BCUT2D eigenvalue weighted by Crippen LogP contribution is 2.56. The van der Waals surface area contributed by atoms with Gasteiger partial charge in [0.2, 0.25) is 0 Å². The van der Waals surface area contributed by atoms with Gasteiger partial charge in [-0.2, -0.15) is 0 Å². The number of rotatable bonds is 11. The number of benzene rings is 10. The molecule has 0 N–H and O–H groups in total. The molecule has 0 saturated carbocycles. The SMILES string of the molecule is c1ccc(-c2cc(-c3cc(-c4nc(-c5ccccc5)nc(-c5ccccc5)n4)c(N4c5ccccc5N(c5cc(-c6ccccc6)nc(-c6ccccc6)n5)c5ccccc54)cc3-c3ccccc3)nc(-c3ccccc3)n2)cc1. The van der Waals surface area contributed by atoms with Crippen LogP contribution in [-0.2, 0) is 0 Å². The first kappa shape index (κ1) is 47.4. The fourth-order valence-corrected chi connectivity index (χ4v) is 10.5. The summed E-state index contributed by atoms with van der Waals surface area (Å²) in [6, 6.07) is 97.5. The lowest BCUT2D eigenvalue weighted by atomic mass is 9.91. The maximum absolute atomic E-state index is 5.47. The zero-order valence-corrected chi connectivity index (χ0v) is 43.2. The highest BCUT2D eigenvalue weighted by molar-refractivity contribution is 6.05. The Hall–Kier alpha value is -11.0. The average molecular weight is 1030 g/mol. The van der Waals surface area contributed by atoms with Gasteiger partial charge in [0, 0.05) is 50.6 Å². The van der Waals surface area contributed by atoms with Crippen molar-refractivity contribution >= 4 is 34.3 Å². The van der Waals surface area contributed by atoms with E-state index < -0.39 is 0 Å². The molecule has 9 nitrogen and oxygen atoms in total. The molecule has 10 aromatic carbocycles. The fourth-order valence-electron chi connectivity index (χ4n) is 10.5. The Morgan fingerprint density at radius 2 is 0.512 bits per heavy atom. The minimum atomic E-state index is 0.488. The van der Waals surface area contributed by atoms with Crippen LogP contribution in [0.2, 0.25) is 0 Å². The number of hydrogen-bond donors (Lipinski definition) is 0. The lowest BCUT2D eigenvalue weighted by Crippen LogP contribution is -2.25. The summed E-state index contributed by atoms with van der Waals surface area (Å²) >= 11 is 0. The van der Waals surface area contributed by atoms with E-state index in [2.05, 4.69) is 161 Å². The van der Waals surface area contributed by atoms with Crippen molar-refractivity contribution < 1.29 is 0 Å². The number of aromatic nitrogens is 7. The Bertz CT molecular complexity index is 4120. The van der Waals surface area contributed by atoms with Gasteiger partial charge in [-0.15, -0.1) is 0 Å². The van der Waals surface area contributed by atoms with Crippen molar-refractivity contribution in [2.45, 2.75) is 0 Å². The summed E-state index contributed by atoms with van der Waals surface area (Å²) in [6.07, 6.45) is 0. The van der Waals surface area contributed by atoms with E-state index in [0.717, 1.165) is 107 Å². The molecule has 376 valence electrons. The van der Waals surface area contributed by atoms with Gasteiger partial charge < -0.3 is 4.90 Å². The second kappa shape index (κ2) is 20.8. The molecule has 0 unspecified atom stereocenters. The van der Waals surface area contributed by atoms with E-state index in [1.807, 2.05) is 133 Å². The third-order valence-electron chi connectivity index (χ3n) is 14.3. The van der Waals surface area contributed by atoms with Gasteiger partial charge in [0.1, 0.15) is 5.82 Å². The zero-order valence-electron chi connectivity index (χ0n) is 43.2. The smallest absolute Gasteiger partial charge is 0.166 e. The maximum atomic E-state index is 5.47. The molecule has 0 saturated heterocycles. The van der Waals surface area contributed by atoms with Crippen molar-refractivity contribution in [1.29, 1.82) is 0 Å². The molecule has 0 bridgehead atoms. The Morgan fingerprint density at radius 1 is 0.188 bits per heavy atom. The lowest BCUT2D eigenvalue weighted by Gasteiger charge is -2.40. The molecule has 0 radical (unpaired) electrons. The maximum Gasteiger partial charge on any atom is 0.166 e. The standard InChI is InChI=1S/C71H47N9/c1-8-26-48(27-9-1)55-45-65(79-61-40-22-24-42-63(61)80(64-43-25-23-41-62(64)79)66-47-59(50-30-12-3-13-31-50)73-68(75-66)52-34-16-5-17-35-52)57(71-77-69(53-36-18-6-19-37-53)76-70(78-71)54-38-20-7-21-39-54)44-56(55)60-46-58(49-28-10-2-11-29-49)72-67(74-60)51-32-14-4-15-33-51/h1-47H. The van der Waals surface area contributed by atoms with Crippen LogP contribution in [0.15, 0.2) is 285 Å². The van der Waals surface area contributed by atoms with Crippen LogP contribution in [0.3, 0.4) is 0 Å². The summed E-state index contributed by atoms with van der Waals surface area (Å²) in [5.74, 6) is 3.54. The summed E-state index contributed by atoms with van der Waals surface area (Å²) in [5.41, 5.74) is 16.0. The first-order valence-corrected chi connectivity index (χ1v) is 26.6. The molecule has 0 amide bonds. The molecule has 14 rings (SSSR count). The molecule has 9 heteroatoms. The van der Waals surface area contributed by atoms with Gasteiger partial charge >= 0.3 is 0 Å². The van der Waals surface area contributed by atoms with Crippen molar-refractivity contribution in [3.8, 4) is 102 Å². The van der Waals surface area contributed by atoms with Crippen molar-refractivity contribution in [3.63, 3.8) is 0 Å². The molecule has 0 fully saturated rings. The van der Waals surface area contributed by atoms with E-state index in [0.29, 0.717) is 29.1 Å². The lowest BCUT2D eigenvalue weighted by molar-refractivity contribution is 1.07. The van der Waals surface area contributed by atoms with Crippen LogP contribution in [0.5, 0.6) is 0 Å². The van der Waals surface area contributed by atoms with Crippen LogP contribution in [0, 0.1) is 0 Å². The quantitative estimate of drug-likeness (QED) is 0.125. The molecule has 0 aliphatic carbocycles. The van der Waals surface area contributed by atoms with Gasteiger partial charge in [-0.05, 0) is 53.6 Å². The van der Waals surface area contributed by atoms with Gasteiger partial charge in [-0.3, -0.25) is 4.90 Å². The number of para-hydroxylation sites is 4. The minimum Gasteiger partial charge on any atom is -0.306 e. The molecule has 4 heterocycles. The molecule has 3 aromatic heterocycles. The van der Waals surface area contributed by atoms with Gasteiger partial charge in [0.25, 0.3) is 0 Å². The Kier molecular flexibility index (Phi) is 12.3. The van der Waals surface area contributed by atoms with Crippen LogP contribution in [0.4, 0.5) is 34.3 Å². The third-order valence-corrected chi connectivity index (χ3v) is 14.3. The molecule has 0 spiro atoms. The van der Waals surface area contributed by atoms with Crippen molar-refractivity contribution in [2.24, 2.45) is 0 Å². The van der Waals surface area contributed by atoms with E-state index in [1.54, 1.807) is 0 Å². The Labute approximate surface area is 463 Å². The van der Waals surface area contributed by atoms with E-state index in [-0.39, 0.29) is 0 Å². The highest BCUT2D eigenvalue weighted by atomic mass is 15.3. The predicted octanol–water partition coefficient (Wildman–Crippen LogP) is 17.7. The second-order valence-electron chi connectivity index (χ2n) is 19.3. The summed E-state index contributed by atoms with van der Waals surface area (Å²) in [6.45, 7) is 0. The summed E-state index contributed by atoms with van der Waals surface area (Å²) in [7, 11) is 0. The van der Waals surface area contributed by atoms with E-state index in [1.165, 1.54) is 0 Å². The van der Waals surface area contributed by atoms with Crippen LogP contribution in [-0.4, -0.2) is 34.9 Å². The monoisotopic (exact) mass is 1030 g/mol. The van der Waals surface area contributed by atoms with Crippen molar-refractivity contribution in [3.05, 3.63) is 285 Å². The topological polar surface area (TPSA) is 96.7 Å². The van der Waals surface area contributed by atoms with Crippen LogP contribution < -0.4 is 9.80 Å². The molecular formula is C71H47N9. The molecule has 0 atom stereocenters. The zero-order chi connectivity index (χ0) is 53.2. The number of fused-ring (bicyclic) bond motifs is 2. The van der Waals surface area contributed by atoms with Crippen LogP contribution >= 0.6 is 0 Å². The first-order chi connectivity index (χ1) is 39.7. The van der Waals surface area contributed by atoms with E-state index in [9.17, 15) is 0 Å². The molecule has 1 aliphatic heterocycles. The average Bonchev–Trinajstić information content (AvgIpc) is 3.69. The van der Waals surface area contributed by atoms with Gasteiger partial charge in [0.15, 0.2) is 29.1 Å². The number of anilines is 6. The van der Waals surface area contributed by atoms with E-state index in [4.69, 9.17) is 34.9 Å². The third kappa shape index (κ3) is 9.10. The van der Waals surface area contributed by atoms with Crippen molar-refractivity contribution in [1.82, 2.24) is 34.9 Å². The van der Waals surface area contributed by atoms with Crippen molar-refractivity contribution in [2.75, 3.05) is 9.80 Å². The minimum absolute atomic E-state index is 0.488. The number of hydrogen-bond acceptors (Lipinski definition) is 9. The summed E-state index contributed by atoms with van der Waals surface area (Å²) < 4.78 is 0. The van der Waals surface area contributed by atoms with Crippen LogP contribution in [0.1, 0.15) is 0 Å². The normalized spacial score (nSPS) is 11.7. The molecule has 80 heavy (non-hydrogen) atoms. The largest absolute Gasteiger partial charge is 0.306 e. The number of nitrogens with zero attached hydrogens (tertiary/aromatic N) is 9. The molecular weight excluding hydrogens is 979 g/mol. The van der Waals surface area contributed by atoms with Gasteiger partial charge in [-0.25, -0.2) is 34.9 Å². The summed E-state index contributed by atoms with van der Waals surface area (Å²) in [4.78, 5) is 42.0. The highest BCUT2D eigenvalue weighted by Gasteiger charge is 2.34. The molecule has 13 aromatic rings. The van der Waals surface area contributed by atoms with Crippen LogP contribution in [0.25, 0.3) is 102 Å². The van der Waals surface area contributed by atoms with Gasteiger partial charge in [0.05, 0.1) is 45.5 Å².